The second kappa shape index (κ2) is 4.77. The fourth-order valence-electron chi connectivity index (χ4n) is 5.50. The molecule has 2 heteroatoms. The molecule has 20 heavy (non-hydrogen) atoms. The van der Waals surface area contributed by atoms with Gasteiger partial charge in [0.15, 0.2) is 0 Å². The first-order valence-electron chi connectivity index (χ1n) is 8.23. The SMILES string of the molecule is OC12CC3CC(C1)C(CCNc1ccccc1)C(C3)C2. The Kier molecular flexibility index (Phi) is 3.03. The van der Waals surface area contributed by atoms with Crippen LogP contribution in [0.15, 0.2) is 30.3 Å². The minimum Gasteiger partial charge on any atom is -0.390 e. The highest BCUT2D eigenvalue weighted by Crippen LogP contribution is 2.58. The topological polar surface area (TPSA) is 32.3 Å². The molecule has 2 atom stereocenters. The van der Waals surface area contributed by atoms with Crippen molar-refractivity contribution >= 4 is 5.69 Å². The van der Waals surface area contributed by atoms with Crippen molar-refractivity contribution < 1.29 is 5.11 Å². The van der Waals surface area contributed by atoms with Crippen molar-refractivity contribution in [2.75, 3.05) is 11.9 Å². The van der Waals surface area contributed by atoms with E-state index in [0.717, 1.165) is 49.5 Å². The molecule has 4 aliphatic carbocycles. The lowest BCUT2D eigenvalue weighted by Crippen LogP contribution is -2.54. The number of aliphatic hydroxyl groups is 1. The summed E-state index contributed by atoms with van der Waals surface area (Å²) in [6.07, 6.45) is 7.29. The largest absolute Gasteiger partial charge is 0.390 e. The van der Waals surface area contributed by atoms with E-state index in [1.54, 1.807) is 0 Å². The molecule has 2 N–H and O–H groups in total. The van der Waals surface area contributed by atoms with Crippen LogP contribution >= 0.6 is 0 Å². The number of anilines is 1. The fourth-order valence-corrected chi connectivity index (χ4v) is 5.50. The van der Waals surface area contributed by atoms with Crippen LogP contribution in [0.5, 0.6) is 0 Å². The molecule has 4 saturated carbocycles. The van der Waals surface area contributed by atoms with Gasteiger partial charge in [-0.05, 0) is 74.3 Å². The van der Waals surface area contributed by atoms with Crippen LogP contribution in [-0.2, 0) is 0 Å². The third-order valence-electron chi connectivity index (χ3n) is 6.02. The summed E-state index contributed by atoms with van der Waals surface area (Å²) in [5.41, 5.74) is 0.954. The van der Waals surface area contributed by atoms with Gasteiger partial charge in [-0.3, -0.25) is 0 Å². The highest BCUT2D eigenvalue weighted by molar-refractivity contribution is 5.42. The summed E-state index contributed by atoms with van der Waals surface area (Å²) in [6.45, 7) is 1.07. The van der Waals surface area contributed by atoms with Gasteiger partial charge in [-0.15, -0.1) is 0 Å². The van der Waals surface area contributed by atoms with Gasteiger partial charge in [0.2, 0.25) is 0 Å². The van der Waals surface area contributed by atoms with Gasteiger partial charge in [0.05, 0.1) is 5.60 Å². The highest BCUT2D eigenvalue weighted by Gasteiger charge is 2.54. The summed E-state index contributed by atoms with van der Waals surface area (Å²) in [7, 11) is 0. The van der Waals surface area contributed by atoms with E-state index in [4.69, 9.17) is 0 Å². The first-order chi connectivity index (χ1) is 9.72. The van der Waals surface area contributed by atoms with Gasteiger partial charge in [-0.1, -0.05) is 18.2 Å². The summed E-state index contributed by atoms with van der Waals surface area (Å²) in [5.74, 6) is 3.27. The molecule has 0 heterocycles. The second-order valence-corrected chi connectivity index (χ2v) is 7.44. The molecule has 0 amide bonds. The molecule has 0 spiro atoms. The molecule has 1 aromatic carbocycles. The third-order valence-corrected chi connectivity index (χ3v) is 6.02. The fraction of sp³-hybridized carbons (Fsp3) is 0.667. The molecule has 0 radical (unpaired) electrons. The summed E-state index contributed by atoms with van der Waals surface area (Å²) in [5, 5.41) is 14.2. The van der Waals surface area contributed by atoms with Crippen molar-refractivity contribution in [3.05, 3.63) is 30.3 Å². The summed E-state index contributed by atoms with van der Waals surface area (Å²) < 4.78 is 0. The van der Waals surface area contributed by atoms with Crippen molar-refractivity contribution in [2.24, 2.45) is 23.7 Å². The predicted molar refractivity (Wildman–Crippen MR) is 81.5 cm³/mol. The van der Waals surface area contributed by atoms with Gasteiger partial charge in [-0.2, -0.15) is 0 Å². The van der Waals surface area contributed by atoms with Crippen LogP contribution < -0.4 is 5.32 Å². The normalized spacial score (nSPS) is 41.9. The number of para-hydroxylation sites is 1. The smallest absolute Gasteiger partial charge is 0.0656 e. The minimum atomic E-state index is -0.278. The Hall–Kier alpha value is -1.02. The van der Waals surface area contributed by atoms with E-state index in [-0.39, 0.29) is 5.60 Å². The predicted octanol–water partition coefficient (Wildman–Crippen LogP) is 3.68. The van der Waals surface area contributed by atoms with Gasteiger partial charge in [0.25, 0.3) is 0 Å². The van der Waals surface area contributed by atoms with Crippen molar-refractivity contribution in [3.8, 4) is 0 Å². The van der Waals surface area contributed by atoms with E-state index in [1.165, 1.54) is 24.9 Å². The molecule has 2 nitrogen and oxygen atoms in total. The monoisotopic (exact) mass is 271 g/mol. The molecular weight excluding hydrogens is 246 g/mol. The first kappa shape index (κ1) is 12.7. The zero-order chi connectivity index (χ0) is 13.6. The van der Waals surface area contributed by atoms with Crippen LogP contribution in [0, 0.1) is 23.7 Å². The lowest BCUT2D eigenvalue weighted by atomic mass is 9.49. The van der Waals surface area contributed by atoms with Gasteiger partial charge < -0.3 is 10.4 Å². The summed E-state index contributed by atoms with van der Waals surface area (Å²) >= 11 is 0. The first-order valence-corrected chi connectivity index (χ1v) is 8.23. The molecule has 4 aliphatic rings. The molecule has 0 aliphatic heterocycles. The van der Waals surface area contributed by atoms with Crippen LogP contribution in [0.1, 0.15) is 38.5 Å². The van der Waals surface area contributed by atoms with Gasteiger partial charge >= 0.3 is 0 Å². The zero-order valence-electron chi connectivity index (χ0n) is 12.1. The molecule has 4 bridgehead atoms. The number of nitrogens with one attached hydrogen (secondary N) is 1. The molecule has 5 rings (SSSR count). The molecule has 1 aromatic rings. The third kappa shape index (κ3) is 2.24. The Morgan fingerprint density at radius 3 is 2.40 bits per heavy atom. The van der Waals surface area contributed by atoms with Crippen LogP contribution in [0.3, 0.4) is 0 Å². The van der Waals surface area contributed by atoms with E-state index in [2.05, 4.69) is 35.6 Å². The van der Waals surface area contributed by atoms with Crippen LogP contribution in [0.2, 0.25) is 0 Å². The summed E-state index contributed by atoms with van der Waals surface area (Å²) in [6, 6.07) is 10.5. The molecule has 108 valence electrons. The molecule has 0 saturated heterocycles. The van der Waals surface area contributed by atoms with Crippen LogP contribution in [0.4, 0.5) is 5.69 Å². The van der Waals surface area contributed by atoms with Gasteiger partial charge in [-0.25, -0.2) is 0 Å². The van der Waals surface area contributed by atoms with Gasteiger partial charge in [0, 0.05) is 12.2 Å². The second-order valence-electron chi connectivity index (χ2n) is 7.44. The van der Waals surface area contributed by atoms with Gasteiger partial charge in [0.1, 0.15) is 0 Å². The van der Waals surface area contributed by atoms with Crippen molar-refractivity contribution in [2.45, 2.75) is 44.1 Å². The zero-order valence-corrected chi connectivity index (χ0v) is 12.1. The molecule has 2 unspecified atom stereocenters. The van der Waals surface area contributed by atoms with E-state index >= 15 is 0 Å². The van der Waals surface area contributed by atoms with E-state index < -0.39 is 0 Å². The maximum Gasteiger partial charge on any atom is 0.0656 e. The molecule has 4 fully saturated rings. The maximum atomic E-state index is 10.6. The molecule has 0 aromatic heterocycles. The maximum absolute atomic E-state index is 10.6. The average Bonchev–Trinajstić information content (AvgIpc) is 2.41. The van der Waals surface area contributed by atoms with Crippen molar-refractivity contribution in [1.82, 2.24) is 0 Å². The van der Waals surface area contributed by atoms with E-state index in [9.17, 15) is 5.11 Å². The Morgan fingerprint density at radius 2 is 1.75 bits per heavy atom. The lowest BCUT2D eigenvalue weighted by Gasteiger charge is -2.58. The quantitative estimate of drug-likeness (QED) is 0.875. The molecular formula is C18H25NO. The Morgan fingerprint density at radius 1 is 1.05 bits per heavy atom. The van der Waals surface area contributed by atoms with Crippen LogP contribution in [-0.4, -0.2) is 17.3 Å². The van der Waals surface area contributed by atoms with Crippen molar-refractivity contribution in [1.29, 1.82) is 0 Å². The van der Waals surface area contributed by atoms with E-state index in [1.807, 2.05) is 0 Å². The summed E-state index contributed by atoms with van der Waals surface area (Å²) in [4.78, 5) is 0. The number of hydrogen-bond donors (Lipinski definition) is 2. The van der Waals surface area contributed by atoms with Crippen molar-refractivity contribution in [3.63, 3.8) is 0 Å². The number of hydrogen-bond acceptors (Lipinski definition) is 2. The standard InChI is InChI=1S/C18H25NO/c20-18-10-13-8-14(11-18)17(15(9-13)12-18)6-7-19-16-4-2-1-3-5-16/h1-5,13-15,17,19-20H,6-12H2. The van der Waals surface area contributed by atoms with E-state index in [0.29, 0.717) is 0 Å². The minimum absolute atomic E-state index is 0.278. The Labute approximate surface area is 121 Å². The Bertz CT molecular complexity index is 456. The van der Waals surface area contributed by atoms with Crippen LogP contribution in [0.25, 0.3) is 0 Å². The average molecular weight is 271 g/mol. The lowest BCUT2D eigenvalue weighted by molar-refractivity contribution is -0.152. The number of benzene rings is 1. The Balaban J connectivity index is 1.36. The number of rotatable bonds is 4. The highest BCUT2D eigenvalue weighted by atomic mass is 16.3.